The standard InChI is InChI=1S/C18H16.C10H9NO/c1-3-7-15-13(5-1)9-11-18-16-8-4-2-6-14(16)10-12-17(15)18;12-10-7-3-5-8-4-1-2-6-9(8)11-10/h1,3,5,7,9-12H,2,4,6,8H2;1-6H,7H2,(H,11,12). The predicted molar refractivity (Wildman–Crippen MR) is 127 cm³/mol. The molecular formula is C28H25NO. The first kappa shape index (κ1) is 18.6. The summed E-state index contributed by atoms with van der Waals surface area (Å²) in [7, 11) is 0. The normalized spacial score (nSPS) is 14.9. The zero-order valence-electron chi connectivity index (χ0n) is 17.0. The lowest BCUT2D eigenvalue weighted by Crippen LogP contribution is -2.08. The van der Waals surface area contributed by atoms with Gasteiger partial charge in [-0.05, 0) is 70.0 Å². The summed E-state index contributed by atoms with van der Waals surface area (Å²) in [5.41, 5.74) is 5.15. The highest BCUT2D eigenvalue weighted by Gasteiger charge is 2.13. The van der Waals surface area contributed by atoms with Gasteiger partial charge in [-0.2, -0.15) is 0 Å². The van der Waals surface area contributed by atoms with Crippen molar-refractivity contribution in [2.75, 3.05) is 5.32 Å². The summed E-state index contributed by atoms with van der Waals surface area (Å²) in [6, 6.07) is 25.7. The van der Waals surface area contributed by atoms with Gasteiger partial charge in [-0.1, -0.05) is 78.9 Å². The number of fused-ring (bicyclic) bond motifs is 6. The first-order valence-corrected chi connectivity index (χ1v) is 10.8. The molecule has 1 aliphatic carbocycles. The predicted octanol–water partition coefficient (Wildman–Crippen LogP) is 6.91. The number of aryl methyl sites for hydroxylation is 2. The number of para-hydroxylation sites is 1. The molecular weight excluding hydrogens is 366 g/mol. The van der Waals surface area contributed by atoms with Crippen LogP contribution >= 0.6 is 0 Å². The number of carbonyl (C=O) groups excluding carboxylic acids is 1. The molecule has 1 N–H and O–H groups in total. The minimum absolute atomic E-state index is 0.0520. The van der Waals surface area contributed by atoms with Crippen molar-refractivity contribution in [1.29, 1.82) is 0 Å². The van der Waals surface area contributed by atoms with E-state index in [1.54, 1.807) is 11.1 Å². The van der Waals surface area contributed by atoms with Crippen LogP contribution in [0.5, 0.6) is 0 Å². The summed E-state index contributed by atoms with van der Waals surface area (Å²) >= 11 is 0. The van der Waals surface area contributed by atoms with Gasteiger partial charge in [0.25, 0.3) is 0 Å². The molecule has 4 aromatic rings. The van der Waals surface area contributed by atoms with Crippen LogP contribution < -0.4 is 5.32 Å². The van der Waals surface area contributed by atoms with Crippen molar-refractivity contribution in [3.63, 3.8) is 0 Å². The maximum absolute atomic E-state index is 11.1. The number of hydrogen-bond donors (Lipinski definition) is 1. The Labute approximate surface area is 177 Å². The van der Waals surface area contributed by atoms with E-state index in [2.05, 4.69) is 53.8 Å². The molecule has 2 heteroatoms. The van der Waals surface area contributed by atoms with Crippen LogP contribution in [0, 0.1) is 0 Å². The third-order valence-corrected chi connectivity index (χ3v) is 6.09. The average molecular weight is 392 g/mol. The zero-order chi connectivity index (χ0) is 20.3. The van der Waals surface area contributed by atoms with E-state index in [9.17, 15) is 4.79 Å². The van der Waals surface area contributed by atoms with Gasteiger partial charge >= 0.3 is 0 Å². The highest BCUT2D eigenvalue weighted by molar-refractivity contribution is 6.08. The van der Waals surface area contributed by atoms with Crippen molar-refractivity contribution in [2.45, 2.75) is 32.1 Å². The molecule has 0 fully saturated rings. The molecule has 1 aliphatic heterocycles. The van der Waals surface area contributed by atoms with Crippen molar-refractivity contribution < 1.29 is 4.79 Å². The van der Waals surface area contributed by atoms with Gasteiger partial charge in [0.2, 0.25) is 5.91 Å². The maximum atomic E-state index is 11.1. The molecule has 0 bridgehead atoms. The number of amides is 1. The Bertz CT molecular complexity index is 1270. The first-order valence-electron chi connectivity index (χ1n) is 10.8. The van der Waals surface area contributed by atoms with Crippen LogP contribution in [0.1, 0.15) is 36.0 Å². The molecule has 0 radical (unpaired) electrons. The topological polar surface area (TPSA) is 29.1 Å². The van der Waals surface area contributed by atoms with Crippen molar-refractivity contribution >= 4 is 39.2 Å². The van der Waals surface area contributed by atoms with Crippen LogP contribution in [0.2, 0.25) is 0 Å². The van der Waals surface area contributed by atoms with Crippen LogP contribution in [0.4, 0.5) is 5.69 Å². The van der Waals surface area contributed by atoms with Crippen LogP contribution in [0.3, 0.4) is 0 Å². The number of nitrogens with one attached hydrogen (secondary N) is 1. The Morgan fingerprint density at radius 2 is 1.50 bits per heavy atom. The Kier molecular flexibility index (Phi) is 5.06. The fourth-order valence-corrected chi connectivity index (χ4v) is 4.59. The second-order valence-corrected chi connectivity index (χ2v) is 8.03. The van der Waals surface area contributed by atoms with E-state index in [1.165, 1.54) is 47.2 Å². The Hall–Kier alpha value is -3.39. The first-order chi connectivity index (χ1) is 14.8. The van der Waals surface area contributed by atoms with Gasteiger partial charge in [0.05, 0.1) is 0 Å². The molecule has 0 saturated heterocycles. The SMILES string of the molecule is O=C1CC=Cc2ccccc2N1.c1ccc2c(c1)ccc1c3c(ccc12)CCCC3. The lowest BCUT2D eigenvalue weighted by atomic mass is 9.86. The second-order valence-electron chi connectivity index (χ2n) is 8.03. The molecule has 0 atom stereocenters. The van der Waals surface area contributed by atoms with E-state index >= 15 is 0 Å². The van der Waals surface area contributed by atoms with E-state index in [1.807, 2.05) is 36.4 Å². The fourth-order valence-electron chi connectivity index (χ4n) is 4.59. The highest BCUT2D eigenvalue weighted by atomic mass is 16.1. The Morgan fingerprint density at radius 3 is 2.47 bits per heavy atom. The summed E-state index contributed by atoms with van der Waals surface area (Å²) in [4.78, 5) is 11.1. The van der Waals surface area contributed by atoms with E-state index in [0.29, 0.717) is 6.42 Å². The van der Waals surface area contributed by atoms with E-state index < -0.39 is 0 Å². The van der Waals surface area contributed by atoms with Crippen molar-refractivity contribution in [2.24, 2.45) is 0 Å². The van der Waals surface area contributed by atoms with Crippen molar-refractivity contribution in [1.82, 2.24) is 0 Å². The molecule has 148 valence electrons. The second kappa shape index (κ2) is 8.16. The van der Waals surface area contributed by atoms with Crippen LogP contribution in [0.15, 0.2) is 78.9 Å². The quantitative estimate of drug-likeness (QED) is 0.324. The Morgan fingerprint density at radius 1 is 0.700 bits per heavy atom. The minimum atomic E-state index is 0.0520. The minimum Gasteiger partial charge on any atom is -0.325 e. The number of benzene rings is 4. The van der Waals surface area contributed by atoms with Gasteiger partial charge in [0, 0.05) is 12.1 Å². The van der Waals surface area contributed by atoms with E-state index in [-0.39, 0.29) is 5.91 Å². The van der Waals surface area contributed by atoms with E-state index in [0.717, 1.165) is 11.3 Å². The molecule has 2 nitrogen and oxygen atoms in total. The largest absolute Gasteiger partial charge is 0.325 e. The molecule has 4 aromatic carbocycles. The molecule has 1 heterocycles. The smallest absolute Gasteiger partial charge is 0.228 e. The molecule has 6 rings (SSSR count). The summed E-state index contributed by atoms with van der Waals surface area (Å²) in [6.45, 7) is 0. The summed E-state index contributed by atoms with van der Waals surface area (Å²) in [5.74, 6) is 0.0520. The molecule has 0 unspecified atom stereocenters. The summed E-state index contributed by atoms with van der Waals surface area (Å²) < 4.78 is 0. The van der Waals surface area contributed by atoms with Crippen LogP contribution in [0.25, 0.3) is 27.6 Å². The third kappa shape index (κ3) is 3.61. The fraction of sp³-hybridized carbons (Fsp3) is 0.179. The molecule has 0 saturated carbocycles. The van der Waals surface area contributed by atoms with E-state index in [4.69, 9.17) is 0 Å². The monoisotopic (exact) mass is 391 g/mol. The maximum Gasteiger partial charge on any atom is 0.228 e. The Balaban J connectivity index is 0.000000140. The number of hydrogen-bond acceptors (Lipinski definition) is 1. The third-order valence-electron chi connectivity index (χ3n) is 6.09. The molecule has 30 heavy (non-hydrogen) atoms. The van der Waals surface area contributed by atoms with Crippen LogP contribution in [-0.4, -0.2) is 5.91 Å². The average Bonchev–Trinajstić information content (AvgIpc) is 2.99. The van der Waals surface area contributed by atoms with Crippen molar-refractivity contribution in [3.8, 4) is 0 Å². The lowest BCUT2D eigenvalue weighted by molar-refractivity contribution is -0.115. The molecule has 0 spiro atoms. The van der Waals surface area contributed by atoms with Gasteiger partial charge in [-0.15, -0.1) is 0 Å². The molecule has 0 aromatic heterocycles. The highest BCUT2D eigenvalue weighted by Crippen LogP contribution is 2.33. The molecule has 1 amide bonds. The van der Waals surface area contributed by atoms with Gasteiger partial charge < -0.3 is 5.32 Å². The van der Waals surface area contributed by atoms with Gasteiger partial charge in [0.15, 0.2) is 0 Å². The molecule has 2 aliphatic rings. The van der Waals surface area contributed by atoms with Gasteiger partial charge in [-0.3, -0.25) is 4.79 Å². The zero-order valence-corrected chi connectivity index (χ0v) is 17.0. The lowest BCUT2D eigenvalue weighted by Gasteiger charge is -2.18. The number of rotatable bonds is 0. The number of anilines is 1. The summed E-state index contributed by atoms with van der Waals surface area (Å²) in [5, 5.41) is 8.46. The van der Waals surface area contributed by atoms with Gasteiger partial charge in [-0.25, -0.2) is 0 Å². The van der Waals surface area contributed by atoms with Crippen molar-refractivity contribution in [3.05, 3.63) is 95.6 Å². The van der Waals surface area contributed by atoms with Crippen LogP contribution in [-0.2, 0) is 17.6 Å². The van der Waals surface area contributed by atoms with Gasteiger partial charge in [0.1, 0.15) is 0 Å². The summed E-state index contributed by atoms with van der Waals surface area (Å²) in [6.07, 6.45) is 9.53. The number of carbonyl (C=O) groups is 1.